The predicted molar refractivity (Wildman–Crippen MR) is 77.5 cm³/mol. The molecule has 0 aromatic heterocycles. The van der Waals surface area contributed by atoms with Crippen LogP contribution in [0.15, 0.2) is 30.3 Å². The van der Waals surface area contributed by atoms with Crippen molar-refractivity contribution in [2.45, 2.75) is 12.6 Å². The van der Waals surface area contributed by atoms with E-state index in [9.17, 15) is 5.11 Å². The summed E-state index contributed by atoms with van der Waals surface area (Å²) in [5.41, 5.74) is 1.16. The van der Waals surface area contributed by atoms with Crippen molar-refractivity contribution < 1.29 is 19.7 Å². The quantitative estimate of drug-likeness (QED) is 0.579. The summed E-state index contributed by atoms with van der Waals surface area (Å²) >= 11 is 0. The van der Waals surface area contributed by atoms with E-state index in [0.717, 1.165) is 5.56 Å². The minimum atomic E-state index is -0.567. The summed E-state index contributed by atoms with van der Waals surface area (Å²) in [4.78, 5) is 2.01. The molecule has 20 heavy (non-hydrogen) atoms. The maximum Gasteiger partial charge on any atom is 0.0900 e. The molecule has 5 heteroatoms. The van der Waals surface area contributed by atoms with Crippen LogP contribution in [0.2, 0.25) is 0 Å². The smallest absolute Gasteiger partial charge is 0.0900 e. The Kier molecular flexibility index (Phi) is 9.19. The molecule has 1 atom stereocenters. The largest absolute Gasteiger partial charge is 0.395 e. The van der Waals surface area contributed by atoms with Crippen LogP contribution in [0.1, 0.15) is 5.56 Å². The van der Waals surface area contributed by atoms with Crippen LogP contribution in [0.5, 0.6) is 0 Å². The molecule has 0 spiro atoms. The van der Waals surface area contributed by atoms with Crippen LogP contribution >= 0.6 is 0 Å². The van der Waals surface area contributed by atoms with Gasteiger partial charge >= 0.3 is 0 Å². The number of aliphatic hydroxyl groups excluding tert-OH is 2. The molecule has 5 nitrogen and oxygen atoms in total. The van der Waals surface area contributed by atoms with E-state index < -0.39 is 6.10 Å². The summed E-state index contributed by atoms with van der Waals surface area (Å²) in [6.45, 7) is 3.07. The normalized spacial score (nSPS) is 12.8. The number of benzene rings is 1. The molecule has 0 amide bonds. The van der Waals surface area contributed by atoms with Gasteiger partial charge in [0.25, 0.3) is 0 Å². The number of hydrogen-bond acceptors (Lipinski definition) is 5. The number of rotatable bonds is 11. The van der Waals surface area contributed by atoms with E-state index in [0.29, 0.717) is 32.8 Å². The lowest BCUT2D eigenvalue weighted by Gasteiger charge is -2.24. The third-order valence-electron chi connectivity index (χ3n) is 2.88. The molecule has 0 heterocycles. The summed E-state index contributed by atoms with van der Waals surface area (Å²) < 4.78 is 10.2. The molecule has 2 N–H and O–H groups in total. The number of nitrogens with zero attached hydrogens (tertiary/aromatic N) is 1. The van der Waals surface area contributed by atoms with E-state index in [2.05, 4.69) is 0 Å². The summed E-state index contributed by atoms with van der Waals surface area (Å²) in [5.74, 6) is 0. The van der Waals surface area contributed by atoms with E-state index in [-0.39, 0.29) is 13.2 Å². The van der Waals surface area contributed by atoms with Gasteiger partial charge in [-0.15, -0.1) is 0 Å². The Hall–Kier alpha value is -0.980. The fourth-order valence-corrected chi connectivity index (χ4v) is 1.93. The Bertz CT molecular complexity index is 334. The third kappa shape index (κ3) is 7.57. The monoisotopic (exact) mass is 283 g/mol. The van der Waals surface area contributed by atoms with Crippen molar-refractivity contribution >= 4 is 0 Å². The first-order chi connectivity index (χ1) is 9.76. The molecule has 1 unspecified atom stereocenters. The predicted octanol–water partition coefficient (Wildman–Crippen LogP) is 0.505. The number of ether oxygens (including phenoxy) is 2. The fourth-order valence-electron chi connectivity index (χ4n) is 1.93. The Morgan fingerprint density at radius 3 is 2.60 bits per heavy atom. The van der Waals surface area contributed by atoms with Gasteiger partial charge in [0.2, 0.25) is 0 Å². The van der Waals surface area contributed by atoms with Crippen LogP contribution < -0.4 is 0 Å². The van der Waals surface area contributed by atoms with Gasteiger partial charge in [-0.25, -0.2) is 0 Å². The molecule has 1 aromatic rings. The molecule has 0 bridgehead atoms. The average molecular weight is 283 g/mol. The van der Waals surface area contributed by atoms with Gasteiger partial charge < -0.3 is 19.7 Å². The van der Waals surface area contributed by atoms with Gasteiger partial charge in [0.15, 0.2) is 0 Å². The van der Waals surface area contributed by atoms with Crippen LogP contribution in [0.4, 0.5) is 0 Å². The number of methoxy groups -OCH3 is 1. The second-order valence-corrected chi connectivity index (χ2v) is 4.67. The van der Waals surface area contributed by atoms with E-state index in [4.69, 9.17) is 14.6 Å². The number of aliphatic hydroxyl groups is 2. The van der Waals surface area contributed by atoms with Crippen LogP contribution in [0, 0.1) is 0 Å². The SMILES string of the molecule is COCCOCC(O)CN(CCO)Cc1ccccc1. The van der Waals surface area contributed by atoms with Gasteiger partial charge in [-0.1, -0.05) is 30.3 Å². The van der Waals surface area contributed by atoms with Crippen molar-refractivity contribution in [1.82, 2.24) is 4.90 Å². The Morgan fingerprint density at radius 2 is 1.95 bits per heavy atom. The zero-order valence-electron chi connectivity index (χ0n) is 12.1. The van der Waals surface area contributed by atoms with Crippen molar-refractivity contribution in [3.63, 3.8) is 0 Å². The Balaban J connectivity index is 2.34. The van der Waals surface area contributed by atoms with E-state index in [1.807, 2.05) is 35.2 Å². The maximum absolute atomic E-state index is 9.93. The van der Waals surface area contributed by atoms with Crippen molar-refractivity contribution in [1.29, 1.82) is 0 Å². The highest BCUT2D eigenvalue weighted by atomic mass is 16.5. The molecular formula is C15H25NO4. The summed E-state index contributed by atoms with van der Waals surface area (Å²) in [6.07, 6.45) is -0.567. The summed E-state index contributed by atoms with van der Waals surface area (Å²) in [6, 6.07) is 10.0. The first-order valence-corrected chi connectivity index (χ1v) is 6.88. The first-order valence-electron chi connectivity index (χ1n) is 6.88. The van der Waals surface area contributed by atoms with Crippen LogP contribution in [-0.4, -0.2) is 67.8 Å². The van der Waals surface area contributed by atoms with Gasteiger partial charge in [-0.2, -0.15) is 0 Å². The molecule has 0 aliphatic carbocycles. The Labute approximate surface area is 120 Å². The van der Waals surface area contributed by atoms with Crippen LogP contribution in [-0.2, 0) is 16.0 Å². The second-order valence-electron chi connectivity index (χ2n) is 4.67. The first kappa shape index (κ1) is 17.1. The molecule has 1 aromatic carbocycles. The van der Waals surface area contributed by atoms with E-state index in [1.165, 1.54) is 0 Å². The van der Waals surface area contributed by atoms with Gasteiger partial charge in [0.05, 0.1) is 32.5 Å². The summed E-state index contributed by atoms with van der Waals surface area (Å²) in [7, 11) is 1.61. The molecule has 0 saturated heterocycles. The van der Waals surface area contributed by atoms with Crippen molar-refractivity contribution in [3.05, 3.63) is 35.9 Å². The van der Waals surface area contributed by atoms with Gasteiger partial charge in [0, 0.05) is 26.7 Å². The molecule has 1 rings (SSSR count). The lowest BCUT2D eigenvalue weighted by molar-refractivity contribution is -0.00331. The highest BCUT2D eigenvalue weighted by molar-refractivity contribution is 5.14. The van der Waals surface area contributed by atoms with Crippen molar-refractivity contribution in [2.24, 2.45) is 0 Å². The molecule has 0 aliphatic heterocycles. The highest BCUT2D eigenvalue weighted by Crippen LogP contribution is 2.05. The lowest BCUT2D eigenvalue weighted by Crippen LogP contribution is -2.36. The molecule has 114 valence electrons. The topological polar surface area (TPSA) is 62.2 Å². The minimum absolute atomic E-state index is 0.0735. The van der Waals surface area contributed by atoms with Crippen molar-refractivity contribution in [2.75, 3.05) is 46.6 Å². The van der Waals surface area contributed by atoms with Crippen LogP contribution in [0.3, 0.4) is 0 Å². The highest BCUT2D eigenvalue weighted by Gasteiger charge is 2.12. The second kappa shape index (κ2) is 10.8. The summed E-state index contributed by atoms with van der Waals surface area (Å²) in [5, 5.41) is 19.0. The molecule has 0 saturated carbocycles. The molecule has 0 fully saturated rings. The van der Waals surface area contributed by atoms with Gasteiger partial charge in [-0.05, 0) is 5.56 Å². The zero-order chi connectivity index (χ0) is 14.6. The lowest BCUT2D eigenvalue weighted by atomic mass is 10.2. The third-order valence-corrected chi connectivity index (χ3v) is 2.88. The van der Waals surface area contributed by atoms with Crippen LogP contribution in [0.25, 0.3) is 0 Å². The molecular weight excluding hydrogens is 258 g/mol. The van der Waals surface area contributed by atoms with Gasteiger partial charge in [0.1, 0.15) is 0 Å². The van der Waals surface area contributed by atoms with E-state index >= 15 is 0 Å². The van der Waals surface area contributed by atoms with Gasteiger partial charge in [-0.3, -0.25) is 4.90 Å². The standard InChI is InChI=1S/C15H25NO4/c1-19-9-10-20-13-15(18)12-16(7-8-17)11-14-5-3-2-4-6-14/h2-6,15,17-18H,7-13H2,1H3. The van der Waals surface area contributed by atoms with E-state index in [1.54, 1.807) is 7.11 Å². The molecule has 0 aliphatic rings. The minimum Gasteiger partial charge on any atom is -0.395 e. The fraction of sp³-hybridized carbons (Fsp3) is 0.600. The Morgan fingerprint density at radius 1 is 1.20 bits per heavy atom. The zero-order valence-corrected chi connectivity index (χ0v) is 12.1. The molecule has 0 radical (unpaired) electrons. The number of hydrogen-bond donors (Lipinski definition) is 2. The van der Waals surface area contributed by atoms with Crippen molar-refractivity contribution in [3.8, 4) is 0 Å². The maximum atomic E-state index is 9.93. The average Bonchev–Trinajstić information content (AvgIpc) is 2.45.